The molecule has 2 saturated heterocycles. The molecule has 0 saturated carbocycles. The van der Waals surface area contributed by atoms with E-state index < -0.39 is 0 Å². The van der Waals surface area contributed by atoms with Crippen LogP contribution in [0.2, 0.25) is 5.15 Å². The summed E-state index contributed by atoms with van der Waals surface area (Å²) < 4.78 is 1.60. The Balaban J connectivity index is 1.45. The molecule has 0 amide bonds. The lowest BCUT2D eigenvalue weighted by Gasteiger charge is -2.35. The lowest BCUT2D eigenvalue weighted by molar-refractivity contribution is 0.608. The highest BCUT2D eigenvalue weighted by molar-refractivity contribution is 6.29. The molecule has 2 atom stereocenters. The molecule has 2 fully saturated rings. The Hall–Kier alpha value is -3.07. The van der Waals surface area contributed by atoms with Crippen LogP contribution >= 0.6 is 11.6 Å². The van der Waals surface area contributed by atoms with E-state index >= 15 is 0 Å². The van der Waals surface area contributed by atoms with Crippen LogP contribution in [0.4, 0.5) is 11.8 Å². The highest BCUT2D eigenvalue weighted by Crippen LogP contribution is 2.36. The molecule has 1 unspecified atom stereocenters. The summed E-state index contributed by atoms with van der Waals surface area (Å²) in [5.74, 6) is 1.49. The van der Waals surface area contributed by atoms with E-state index in [9.17, 15) is 4.79 Å². The van der Waals surface area contributed by atoms with Gasteiger partial charge in [-0.15, -0.1) is 10.2 Å². The standard InChI is InChI=1S/C18H17ClN8O/c1-25-17(28)7-14(13-4-5-20-10-21-13)22-18(25)27-9-11-6-12(27)8-26(11)16-3-2-15(19)23-24-16/h2-5,7,10-12H,6,8-9H2,1H3/t11?,12-/m1/s1. The fourth-order valence-electron chi connectivity index (χ4n) is 4.01. The van der Waals surface area contributed by atoms with Crippen molar-refractivity contribution in [3.05, 3.63) is 52.3 Å². The summed E-state index contributed by atoms with van der Waals surface area (Å²) in [5, 5.41) is 8.53. The molecule has 10 heteroatoms. The maximum atomic E-state index is 12.5. The highest BCUT2D eigenvalue weighted by atomic mass is 35.5. The van der Waals surface area contributed by atoms with E-state index in [1.165, 1.54) is 12.4 Å². The first-order valence-electron chi connectivity index (χ1n) is 8.97. The van der Waals surface area contributed by atoms with Crippen LogP contribution in [0.1, 0.15) is 6.42 Å². The molecule has 5 rings (SSSR count). The molecule has 2 aliphatic heterocycles. The second-order valence-corrected chi connectivity index (χ2v) is 7.38. The summed E-state index contributed by atoms with van der Waals surface area (Å²) >= 11 is 5.85. The predicted octanol–water partition coefficient (Wildman–Crippen LogP) is 1.15. The molecule has 5 heterocycles. The van der Waals surface area contributed by atoms with Gasteiger partial charge in [-0.05, 0) is 24.6 Å². The van der Waals surface area contributed by atoms with E-state index in [1.54, 1.807) is 29.9 Å². The molecule has 2 bridgehead atoms. The monoisotopic (exact) mass is 396 g/mol. The average Bonchev–Trinajstić information content (AvgIpc) is 3.32. The minimum atomic E-state index is -0.109. The van der Waals surface area contributed by atoms with Crippen LogP contribution in [0.3, 0.4) is 0 Å². The third-order valence-corrected chi connectivity index (χ3v) is 5.57. The molecule has 0 aliphatic carbocycles. The number of hydrogen-bond donors (Lipinski definition) is 0. The Bertz CT molecular complexity index is 1070. The van der Waals surface area contributed by atoms with Gasteiger partial charge in [0.1, 0.15) is 6.33 Å². The van der Waals surface area contributed by atoms with Crippen molar-refractivity contribution in [1.82, 2.24) is 29.7 Å². The van der Waals surface area contributed by atoms with Gasteiger partial charge in [0.2, 0.25) is 5.95 Å². The van der Waals surface area contributed by atoms with Gasteiger partial charge in [0.25, 0.3) is 5.56 Å². The van der Waals surface area contributed by atoms with Crippen molar-refractivity contribution in [3.63, 3.8) is 0 Å². The molecule has 0 N–H and O–H groups in total. The Kier molecular flexibility index (Phi) is 3.97. The van der Waals surface area contributed by atoms with Crippen LogP contribution in [0.5, 0.6) is 0 Å². The van der Waals surface area contributed by atoms with Crippen molar-refractivity contribution in [2.75, 3.05) is 22.9 Å². The van der Waals surface area contributed by atoms with E-state index in [-0.39, 0.29) is 11.6 Å². The largest absolute Gasteiger partial charge is 0.348 e. The zero-order chi connectivity index (χ0) is 19.3. The average molecular weight is 397 g/mol. The number of halogens is 1. The molecule has 142 valence electrons. The van der Waals surface area contributed by atoms with Crippen LogP contribution in [-0.4, -0.2) is 54.9 Å². The predicted molar refractivity (Wildman–Crippen MR) is 104 cm³/mol. The number of hydrogen-bond acceptors (Lipinski definition) is 8. The molecule has 0 aromatic carbocycles. The van der Waals surface area contributed by atoms with Crippen molar-refractivity contribution < 1.29 is 0 Å². The lowest BCUT2D eigenvalue weighted by atomic mass is 10.2. The minimum absolute atomic E-state index is 0.109. The van der Waals surface area contributed by atoms with Crippen LogP contribution in [0, 0.1) is 0 Å². The van der Waals surface area contributed by atoms with Crippen molar-refractivity contribution in [2.24, 2.45) is 7.05 Å². The van der Waals surface area contributed by atoms with Crippen molar-refractivity contribution in [2.45, 2.75) is 18.5 Å². The number of piperazine rings is 1. The van der Waals surface area contributed by atoms with E-state index in [2.05, 4.69) is 30.0 Å². The Morgan fingerprint density at radius 2 is 1.89 bits per heavy atom. The smallest absolute Gasteiger partial charge is 0.255 e. The van der Waals surface area contributed by atoms with E-state index in [0.29, 0.717) is 28.5 Å². The van der Waals surface area contributed by atoms with Crippen LogP contribution < -0.4 is 15.4 Å². The summed E-state index contributed by atoms with van der Waals surface area (Å²) in [5.41, 5.74) is 1.09. The van der Waals surface area contributed by atoms with Gasteiger partial charge in [0.05, 0.1) is 23.5 Å². The molecule has 0 radical (unpaired) electrons. The number of aromatic nitrogens is 6. The zero-order valence-electron chi connectivity index (χ0n) is 15.1. The van der Waals surface area contributed by atoms with Gasteiger partial charge >= 0.3 is 0 Å². The van der Waals surface area contributed by atoms with Gasteiger partial charge < -0.3 is 9.80 Å². The maximum absolute atomic E-state index is 12.5. The second-order valence-electron chi connectivity index (χ2n) is 7.00. The van der Waals surface area contributed by atoms with Gasteiger partial charge in [-0.2, -0.15) is 0 Å². The van der Waals surface area contributed by atoms with Crippen LogP contribution in [-0.2, 0) is 7.05 Å². The summed E-state index contributed by atoms with van der Waals surface area (Å²) in [6.45, 7) is 1.57. The molecular formula is C18H17ClN8O. The van der Waals surface area contributed by atoms with Gasteiger partial charge in [-0.1, -0.05) is 11.6 Å². The van der Waals surface area contributed by atoms with E-state index in [4.69, 9.17) is 16.6 Å². The second kappa shape index (κ2) is 6.52. The molecule has 2 aliphatic rings. The highest BCUT2D eigenvalue weighted by Gasteiger charge is 2.45. The molecule has 0 spiro atoms. The Labute approximate surface area is 165 Å². The lowest BCUT2D eigenvalue weighted by Crippen LogP contribution is -2.48. The van der Waals surface area contributed by atoms with E-state index in [1.807, 2.05) is 6.07 Å². The molecule has 3 aromatic rings. The number of fused-ring (bicyclic) bond motifs is 2. The van der Waals surface area contributed by atoms with Gasteiger partial charge in [0.15, 0.2) is 11.0 Å². The SMILES string of the molecule is Cn1c(N2CC3C[C@@H]2CN3c2ccc(Cl)nn2)nc(-c2ccncn2)cc1=O. The first-order chi connectivity index (χ1) is 13.6. The van der Waals surface area contributed by atoms with Crippen molar-refractivity contribution in [1.29, 1.82) is 0 Å². The molecule has 9 nitrogen and oxygen atoms in total. The van der Waals surface area contributed by atoms with Gasteiger partial charge in [0, 0.05) is 32.4 Å². The van der Waals surface area contributed by atoms with Crippen molar-refractivity contribution in [3.8, 4) is 11.4 Å². The Morgan fingerprint density at radius 3 is 2.57 bits per heavy atom. The first kappa shape index (κ1) is 17.1. The topological polar surface area (TPSA) is 92.9 Å². The minimum Gasteiger partial charge on any atom is -0.348 e. The molecular weight excluding hydrogens is 380 g/mol. The summed E-state index contributed by atoms with van der Waals surface area (Å²) in [4.78, 5) is 29.9. The summed E-state index contributed by atoms with van der Waals surface area (Å²) in [6, 6.07) is 7.45. The fourth-order valence-corrected chi connectivity index (χ4v) is 4.11. The normalized spacial score (nSPS) is 20.8. The number of rotatable bonds is 3. The summed E-state index contributed by atoms with van der Waals surface area (Å²) in [6.07, 6.45) is 4.08. The van der Waals surface area contributed by atoms with Gasteiger partial charge in [-0.3, -0.25) is 9.36 Å². The van der Waals surface area contributed by atoms with Crippen LogP contribution in [0.25, 0.3) is 11.4 Å². The first-order valence-corrected chi connectivity index (χ1v) is 9.35. The fraction of sp³-hybridized carbons (Fsp3) is 0.333. The zero-order valence-corrected chi connectivity index (χ0v) is 15.9. The van der Waals surface area contributed by atoms with Crippen LogP contribution in [0.15, 0.2) is 41.6 Å². The Morgan fingerprint density at radius 1 is 1.07 bits per heavy atom. The molecule has 28 heavy (non-hydrogen) atoms. The maximum Gasteiger partial charge on any atom is 0.255 e. The van der Waals surface area contributed by atoms with Crippen molar-refractivity contribution >= 4 is 23.4 Å². The van der Waals surface area contributed by atoms with Gasteiger partial charge in [-0.25, -0.2) is 15.0 Å². The van der Waals surface area contributed by atoms with E-state index in [0.717, 1.165) is 25.3 Å². The third kappa shape index (κ3) is 2.78. The quantitative estimate of drug-likeness (QED) is 0.651. The number of anilines is 2. The molecule has 3 aromatic heterocycles. The third-order valence-electron chi connectivity index (χ3n) is 5.37. The summed E-state index contributed by atoms with van der Waals surface area (Å²) in [7, 11) is 1.75. The number of nitrogens with zero attached hydrogens (tertiary/aromatic N) is 8.